The van der Waals surface area contributed by atoms with Gasteiger partial charge in [0.15, 0.2) is 0 Å². The quantitative estimate of drug-likeness (QED) is 0.700. The van der Waals surface area contributed by atoms with Crippen molar-refractivity contribution < 1.29 is 4.39 Å². The van der Waals surface area contributed by atoms with Gasteiger partial charge < -0.3 is 11.5 Å². The van der Waals surface area contributed by atoms with Gasteiger partial charge in [-0.05, 0) is 23.8 Å². The molecule has 0 saturated carbocycles. The molecule has 0 aliphatic heterocycles. The molecular weight excluding hydrogens is 169 g/mol. The largest absolute Gasteiger partial charge is 0.329 e. The van der Waals surface area contributed by atoms with Crippen LogP contribution in [0, 0.1) is 17.1 Å². The topological polar surface area (TPSA) is 75.8 Å². The maximum atomic E-state index is 12.8. The summed E-state index contributed by atoms with van der Waals surface area (Å²) in [5.74, 6) is -0.405. The number of nitrogens with zero attached hydrogens (tertiary/aromatic N) is 1. The van der Waals surface area contributed by atoms with Crippen LogP contribution in [0.15, 0.2) is 18.2 Å². The number of benzene rings is 1. The Morgan fingerprint density at radius 3 is 2.77 bits per heavy atom. The van der Waals surface area contributed by atoms with E-state index < -0.39 is 11.9 Å². The van der Waals surface area contributed by atoms with Crippen LogP contribution in [-0.4, -0.2) is 6.54 Å². The second kappa shape index (κ2) is 3.99. The van der Waals surface area contributed by atoms with Gasteiger partial charge in [0.05, 0.1) is 11.6 Å². The third kappa shape index (κ3) is 2.02. The summed E-state index contributed by atoms with van der Waals surface area (Å²) in [6.45, 7) is 0.193. The summed E-state index contributed by atoms with van der Waals surface area (Å²) < 4.78 is 12.8. The number of hydrogen-bond acceptors (Lipinski definition) is 3. The molecule has 1 atom stereocenters. The maximum Gasteiger partial charge on any atom is 0.123 e. The zero-order chi connectivity index (χ0) is 9.84. The van der Waals surface area contributed by atoms with Crippen LogP contribution in [0.25, 0.3) is 0 Å². The van der Waals surface area contributed by atoms with Crippen LogP contribution < -0.4 is 11.5 Å². The zero-order valence-corrected chi connectivity index (χ0v) is 7.00. The summed E-state index contributed by atoms with van der Waals surface area (Å²) in [6.07, 6.45) is 0. The number of rotatable bonds is 2. The Morgan fingerprint density at radius 2 is 2.23 bits per heavy atom. The first-order valence-corrected chi connectivity index (χ1v) is 3.84. The predicted molar refractivity (Wildman–Crippen MR) is 47.1 cm³/mol. The highest BCUT2D eigenvalue weighted by molar-refractivity contribution is 5.39. The molecule has 3 nitrogen and oxygen atoms in total. The highest BCUT2D eigenvalue weighted by atomic mass is 19.1. The van der Waals surface area contributed by atoms with Crippen LogP contribution >= 0.6 is 0 Å². The van der Waals surface area contributed by atoms with E-state index in [-0.39, 0.29) is 6.54 Å². The van der Waals surface area contributed by atoms with Gasteiger partial charge in [-0.3, -0.25) is 0 Å². The molecule has 0 fully saturated rings. The molecule has 4 heteroatoms. The van der Waals surface area contributed by atoms with Crippen LogP contribution in [0.4, 0.5) is 4.39 Å². The van der Waals surface area contributed by atoms with Gasteiger partial charge >= 0.3 is 0 Å². The Kier molecular flexibility index (Phi) is 2.96. The lowest BCUT2D eigenvalue weighted by Crippen LogP contribution is -2.21. The third-order valence-corrected chi connectivity index (χ3v) is 1.79. The Bertz CT molecular complexity index is 343. The van der Waals surface area contributed by atoms with Crippen molar-refractivity contribution >= 4 is 0 Å². The third-order valence-electron chi connectivity index (χ3n) is 1.79. The van der Waals surface area contributed by atoms with Crippen LogP contribution in [-0.2, 0) is 0 Å². The van der Waals surface area contributed by atoms with Gasteiger partial charge in [0.1, 0.15) is 5.82 Å². The molecular formula is C9H10FN3. The Labute approximate surface area is 75.8 Å². The average molecular weight is 179 g/mol. The minimum Gasteiger partial charge on any atom is -0.329 e. The normalized spacial score (nSPS) is 12.2. The summed E-state index contributed by atoms with van der Waals surface area (Å²) in [7, 11) is 0. The standard InChI is InChI=1S/C9H10FN3/c10-7-2-1-6(4-11)8(3-7)9(13)5-12/h1-3,9H,5,12-13H2/t9-/m1/s1. The molecule has 0 amide bonds. The number of hydrogen-bond donors (Lipinski definition) is 2. The second-order valence-electron chi connectivity index (χ2n) is 2.69. The van der Waals surface area contributed by atoms with E-state index in [2.05, 4.69) is 0 Å². The first-order chi connectivity index (χ1) is 6.19. The highest BCUT2D eigenvalue weighted by Crippen LogP contribution is 2.16. The molecule has 1 aromatic carbocycles. The van der Waals surface area contributed by atoms with Gasteiger partial charge in [-0.25, -0.2) is 4.39 Å². The van der Waals surface area contributed by atoms with Crippen molar-refractivity contribution in [1.82, 2.24) is 0 Å². The fourth-order valence-corrected chi connectivity index (χ4v) is 1.07. The highest BCUT2D eigenvalue weighted by Gasteiger charge is 2.10. The monoisotopic (exact) mass is 179 g/mol. The van der Waals surface area contributed by atoms with E-state index in [1.807, 2.05) is 6.07 Å². The molecule has 0 radical (unpaired) electrons. The van der Waals surface area contributed by atoms with Crippen LogP contribution in [0.5, 0.6) is 0 Å². The minimum absolute atomic E-state index is 0.193. The van der Waals surface area contributed by atoms with Gasteiger partial charge in [-0.15, -0.1) is 0 Å². The van der Waals surface area contributed by atoms with Crippen molar-refractivity contribution in [3.63, 3.8) is 0 Å². The van der Waals surface area contributed by atoms with E-state index >= 15 is 0 Å². The van der Waals surface area contributed by atoms with Crippen molar-refractivity contribution in [3.05, 3.63) is 35.1 Å². The van der Waals surface area contributed by atoms with Crippen molar-refractivity contribution in [2.24, 2.45) is 11.5 Å². The van der Waals surface area contributed by atoms with E-state index in [1.165, 1.54) is 18.2 Å². The molecule has 1 rings (SSSR count). The molecule has 0 aliphatic carbocycles. The lowest BCUT2D eigenvalue weighted by Gasteiger charge is -2.10. The van der Waals surface area contributed by atoms with E-state index in [4.69, 9.17) is 16.7 Å². The van der Waals surface area contributed by atoms with Gasteiger partial charge in [-0.1, -0.05) is 0 Å². The van der Waals surface area contributed by atoms with E-state index in [1.54, 1.807) is 0 Å². The molecule has 0 heterocycles. The zero-order valence-electron chi connectivity index (χ0n) is 7.00. The van der Waals surface area contributed by atoms with Crippen LogP contribution in [0.3, 0.4) is 0 Å². The second-order valence-corrected chi connectivity index (χ2v) is 2.69. The van der Waals surface area contributed by atoms with E-state index in [0.29, 0.717) is 11.1 Å². The summed E-state index contributed by atoms with van der Waals surface area (Å²) in [6, 6.07) is 5.33. The smallest absolute Gasteiger partial charge is 0.123 e. The van der Waals surface area contributed by atoms with Crippen molar-refractivity contribution in [3.8, 4) is 6.07 Å². The number of nitriles is 1. The average Bonchev–Trinajstić information content (AvgIpc) is 2.16. The summed E-state index contributed by atoms with van der Waals surface area (Å²) in [5.41, 5.74) is 11.8. The molecule has 68 valence electrons. The molecule has 0 aliphatic rings. The van der Waals surface area contributed by atoms with Gasteiger partial charge in [-0.2, -0.15) is 5.26 Å². The molecule has 4 N–H and O–H groups in total. The summed E-state index contributed by atoms with van der Waals surface area (Å²) in [4.78, 5) is 0. The molecule has 0 saturated heterocycles. The van der Waals surface area contributed by atoms with Crippen molar-refractivity contribution in [2.75, 3.05) is 6.54 Å². The first-order valence-electron chi connectivity index (χ1n) is 3.84. The van der Waals surface area contributed by atoms with E-state index in [9.17, 15) is 4.39 Å². The minimum atomic E-state index is -0.481. The van der Waals surface area contributed by atoms with E-state index in [0.717, 1.165) is 0 Å². The Hall–Kier alpha value is -1.44. The number of halogens is 1. The number of nitrogens with two attached hydrogens (primary N) is 2. The van der Waals surface area contributed by atoms with Crippen LogP contribution in [0.1, 0.15) is 17.2 Å². The predicted octanol–water partition coefficient (Wildman–Crippen LogP) is 0.656. The Balaban J connectivity index is 3.17. The molecule has 0 aromatic heterocycles. The molecule has 0 spiro atoms. The summed E-state index contributed by atoms with van der Waals surface area (Å²) in [5, 5.41) is 8.68. The SMILES string of the molecule is N#Cc1ccc(F)cc1[C@H](N)CN. The maximum absolute atomic E-state index is 12.8. The lowest BCUT2D eigenvalue weighted by atomic mass is 10.0. The van der Waals surface area contributed by atoms with Gasteiger partial charge in [0, 0.05) is 12.6 Å². The van der Waals surface area contributed by atoms with Crippen LogP contribution in [0.2, 0.25) is 0 Å². The Morgan fingerprint density at radius 1 is 1.54 bits per heavy atom. The molecule has 0 bridgehead atoms. The lowest BCUT2D eigenvalue weighted by molar-refractivity contribution is 0.619. The molecule has 0 unspecified atom stereocenters. The van der Waals surface area contributed by atoms with Crippen molar-refractivity contribution in [2.45, 2.75) is 6.04 Å². The van der Waals surface area contributed by atoms with Crippen molar-refractivity contribution in [1.29, 1.82) is 5.26 Å². The summed E-state index contributed by atoms with van der Waals surface area (Å²) >= 11 is 0. The fraction of sp³-hybridized carbons (Fsp3) is 0.222. The van der Waals surface area contributed by atoms with Gasteiger partial charge in [0.2, 0.25) is 0 Å². The molecule has 1 aromatic rings. The van der Waals surface area contributed by atoms with Gasteiger partial charge in [0.25, 0.3) is 0 Å². The molecule has 13 heavy (non-hydrogen) atoms. The fourth-order valence-electron chi connectivity index (χ4n) is 1.07. The first kappa shape index (κ1) is 9.65.